The van der Waals surface area contributed by atoms with E-state index in [4.69, 9.17) is 5.26 Å². The summed E-state index contributed by atoms with van der Waals surface area (Å²) in [5.74, 6) is -0.616. The fraction of sp³-hybridized carbons (Fsp3) is 0.111. The lowest BCUT2D eigenvalue weighted by Gasteiger charge is -2.19. The third-order valence-electron chi connectivity index (χ3n) is 5.03. The van der Waals surface area contributed by atoms with Crippen LogP contribution in [0.15, 0.2) is 83.9 Å². The minimum absolute atomic E-state index is 0.124. The standard InChI is InChI=1S/C27H25N5O3/c1-29-23-4-2-3-5-24(23)32-25(34)15-10-19-6-11-21(12-7-19)26(30-16-17-33)27(35)31-22-13-8-20(18-28)9-14-22/h2-15,26,30,33H,1,16-17H2,(H,31,35)(H,32,34)/b15-10+. The Morgan fingerprint density at radius 2 is 1.74 bits per heavy atom. The van der Waals surface area contributed by atoms with Crippen molar-refractivity contribution in [2.45, 2.75) is 6.04 Å². The van der Waals surface area contributed by atoms with E-state index < -0.39 is 6.04 Å². The maximum atomic E-state index is 12.9. The summed E-state index contributed by atoms with van der Waals surface area (Å²) in [5, 5.41) is 26.7. The Morgan fingerprint density at radius 3 is 2.40 bits per heavy atom. The Morgan fingerprint density at radius 1 is 1.03 bits per heavy atom. The van der Waals surface area contributed by atoms with Crippen molar-refractivity contribution in [2.24, 2.45) is 4.99 Å². The Hall–Kier alpha value is -4.58. The second kappa shape index (κ2) is 12.6. The van der Waals surface area contributed by atoms with Crippen molar-refractivity contribution in [1.82, 2.24) is 5.32 Å². The average molecular weight is 468 g/mol. The first kappa shape index (κ1) is 25.1. The van der Waals surface area contributed by atoms with Gasteiger partial charge < -0.3 is 15.7 Å². The Kier molecular flexibility index (Phi) is 9.02. The molecule has 176 valence electrons. The molecule has 0 heterocycles. The Bertz CT molecular complexity index is 1250. The second-order valence-electron chi connectivity index (χ2n) is 7.45. The van der Waals surface area contributed by atoms with E-state index in [0.29, 0.717) is 28.2 Å². The van der Waals surface area contributed by atoms with Crippen molar-refractivity contribution in [1.29, 1.82) is 5.26 Å². The monoisotopic (exact) mass is 467 g/mol. The van der Waals surface area contributed by atoms with Gasteiger partial charge in [-0.05, 0) is 60.3 Å². The molecule has 0 aliphatic carbocycles. The summed E-state index contributed by atoms with van der Waals surface area (Å²) in [6.07, 6.45) is 3.07. The third kappa shape index (κ3) is 7.20. The van der Waals surface area contributed by atoms with Crippen molar-refractivity contribution < 1.29 is 14.7 Å². The summed E-state index contributed by atoms with van der Waals surface area (Å²) in [4.78, 5) is 29.1. The number of benzene rings is 3. The van der Waals surface area contributed by atoms with Crippen LogP contribution in [0.1, 0.15) is 22.7 Å². The number of para-hydroxylation sites is 2. The zero-order chi connectivity index (χ0) is 25.0. The maximum Gasteiger partial charge on any atom is 0.248 e. The highest BCUT2D eigenvalue weighted by Crippen LogP contribution is 2.23. The van der Waals surface area contributed by atoms with Crippen LogP contribution in [0.2, 0.25) is 0 Å². The molecular formula is C27H25N5O3. The van der Waals surface area contributed by atoms with Gasteiger partial charge >= 0.3 is 0 Å². The van der Waals surface area contributed by atoms with Gasteiger partial charge in [-0.3, -0.25) is 19.9 Å². The van der Waals surface area contributed by atoms with Crippen LogP contribution in [0, 0.1) is 11.3 Å². The molecule has 0 aliphatic heterocycles. The van der Waals surface area contributed by atoms with Crippen molar-refractivity contribution >= 4 is 41.7 Å². The Balaban J connectivity index is 1.68. The molecule has 3 aromatic carbocycles. The van der Waals surface area contributed by atoms with Crippen LogP contribution in [-0.2, 0) is 9.59 Å². The van der Waals surface area contributed by atoms with Crippen molar-refractivity contribution in [3.05, 3.63) is 95.6 Å². The number of aliphatic hydroxyl groups excluding tert-OH is 1. The molecule has 0 aromatic heterocycles. The lowest BCUT2D eigenvalue weighted by Crippen LogP contribution is -2.34. The number of amides is 2. The molecule has 0 spiro atoms. The second-order valence-corrected chi connectivity index (χ2v) is 7.45. The summed E-state index contributed by atoms with van der Waals surface area (Å²) < 4.78 is 0. The van der Waals surface area contributed by atoms with Crippen LogP contribution in [0.3, 0.4) is 0 Å². The van der Waals surface area contributed by atoms with Crippen LogP contribution in [0.5, 0.6) is 0 Å². The zero-order valence-electron chi connectivity index (χ0n) is 18.9. The highest BCUT2D eigenvalue weighted by molar-refractivity contribution is 6.03. The molecular weight excluding hydrogens is 442 g/mol. The molecule has 0 fully saturated rings. The minimum atomic E-state index is -0.706. The molecule has 0 bridgehead atoms. The number of nitrogens with one attached hydrogen (secondary N) is 3. The molecule has 0 radical (unpaired) electrons. The van der Waals surface area contributed by atoms with E-state index in [0.717, 1.165) is 5.56 Å². The number of hydrogen-bond acceptors (Lipinski definition) is 6. The molecule has 3 rings (SSSR count). The molecule has 8 heteroatoms. The molecule has 2 amide bonds. The largest absolute Gasteiger partial charge is 0.395 e. The van der Waals surface area contributed by atoms with Crippen LogP contribution in [0.25, 0.3) is 6.08 Å². The normalized spacial score (nSPS) is 11.4. The first-order chi connectivity index (χ1) is 17.0. The lowest BCUT2D eigenvalue weighted by atomic mass is 10.0. The van der Waals surface area contributed by atoms with Crippen LogP contribution >= 0.6 is 0 Å². The van der Waals surface area contributed by atoms with Gasteiger partial charge in [-0.15, -0.1) is 0 Å². The van der Waals surface area contributed by atoms with E-state index in [2.05, 4.69) is 27.7 Å². The number of nitrogens with zero attached hydrogens (tertiary/aromatic N) is 2. The predicted octanol–water partition coefficient (Wildman–Crippen LogP) is 3.80. The molecule has 0 saturated carbocycles. The van der Waals surface area contributed by atoms with Crippen LogP contribution in [-0.4, -0.2) is 36.8 Å². The first-order valence-electron chi connectivity index (χ1n) is 10.8. The summed E-state index contributed by atoms with van der Waals surface area (Å²) in [6.45, 7) is 3.60. The number of aliphatic imine (C=N–C) groups is 1. The summed E-state index contributed by atoms with van der Waals surface area (Å²) in [7, 11) is 0. The predicted molar refractivity (Wildman–Crippen MR) is 137 cm³/mol. The van der Waals surface area contributed by atoms with E-state index in [-0.39, 0.29) is 25.0 Å². The lowest BCUT2D eigenvalue weighted by molar-refractivity contribution is -0.118. The molecule has 4 N–H and O–H groups in total. The van der Waals surface area contributed by atoms with Gasteiger partial charge in [0.25, 0.3) is 0 Å². The van der Waals surface area contributed by atoms with Crippen LogP contribution in [0.4, 0.5) is 17.1 Å². The highest BCUT2D eigenvalue weighted by atomic mass is 16.3. The molecule has 0 aliphatic rings. The number of carbonyl (C=O) groups excluding carboxylic acids is 2. The zero-order valence-corrected chi connectivity index (χ0v) is 18.9. The van der Waals surface area contributed by atoms with Gasteiger partial charge in [0, 0.05) is 18.3 Å². The number of nitriles is 1. The summed E-state index contributed by atoms with van der Waals surface area (Å²) in [6, 6.07) is 22.1. The smallest absolute Gasteiger partial charge is 0.248 e. The summed E-state index contributed by atoms with van der Waals surface area (Å²) in [5.41, 5.74) is 3.67. The third-order valence-corrected chi connectivity index (χ3v) is 5.03. The summed E-state index contributed by atoms with van der Waals surface area (Å²) >= 11 is 0. The molecule has 35 heavy (non-hydrogen) atoms. The molecule has 8 nitrogen and oxygen atoms in total. The Labute approximate surface area is 203 Å². The van der Waals surface area contributed by atoms with Crippen molar-refractivity contribution in [2.75, 3.05) is 23.8 Å². The van der Waals surface area contributed by atoms with Gasteiger partial charge in [0.1, 0.15) is 6.04 Å². The van der Waals surface area contributed by atoms with Gasteiger partial charge in [-0.2, -0.15) is 5.26 Å². The van der Waals surface area contributed by atoms with Gasteiger partial charge in [0.2, 0.25) is 11.8 Å². The topological polar surface area (TPSA) is 127 Å². The number of hydrogen-bond donors (Lipinski definition) is 4. The van der Waals surface area contributed by atoms with E-state index in [1.165, 1.54) is 6.08 Å². The average Bonchev–Trinajstić information content (AvgIpc) is 2.89. The SMILES string of the molecule is C=Nc1ccccc1NC(=O)/C=C/c1ccc(C(NCCO)C(=O)Nc2ccc(C#N)cc2)cc1. The van der Waals surface area contributed by atoms with Gasteiger partial charge in [0.05, 0.1) is 29.6 Å². The van der Waals surface area contributed by atoms with E-state index in [1.807, 2.05) is 12.1 Å². The van der Waals surface area contributed by atoms with E-state index >= 15 is 0 Å². The fourth-order valence-corrected chi connectivity index (χ4v) is 3.28. The molecule has 1 unspecified atom stereocenters. The first-order valence-corrected chi connectivity index (χ1v) is 10.8. The van der Waals surface area contributed by atoms with Gasteiger partial charge in [-0.1, -0.05) is 36.4 Å². The quantitative estimate of drug-likeness (QED) is 0.266. The van der Waals surface area contributed by atoms with Gasteiger partial charge in [-0.25, -0.2) is 0 Å². The highest BCUT2D eigenvalue weighted by Gasteiger charge is 2.20. The molecule has 3 aromatic rings. The number of carbonyl (C=O) groups is 2. The van der Waals surface area contributed by atoms with Crippen LogP contribution < -0.4 is 16.0 Å². The van der Waals surface area contributed by atoms with Crippen molar-refractivity contribution in [3.8, 4) is 6.07 Å². The van der Waals surface area contributed by atoms with E-state index in [1.54, 1.807) is 72.8 Å². The molecule has 1 atom stereocenters. The minimum Gasteiger partial charge on any atom is -0.395 e. The number of anilines is 2. The van der Waals surface area contributed by atoms with Crippen molar-refractivity contribution in [3.63, 3.8) is 0 Å². The fourth-order valence-electron chi connectivity index (χ4n) is 3.28. The maximum absolute atomic E-state index is 12.9. The van der Waals surface area contributed by atoms with E-state index in [9.17, 15) is 14.7 Å². The molecule has 0 saturated heterocycles. The number of rotatable bonds is 10. The number of aliphatic hydroxyl groups is 1. The van der Waals surface area contributed by atoms with Gasteiger partial charge in [0.15, 0.2) is 0 Å².